The zero-order valence-corrected chi connectivity index (χ0v) is 11.0. The van der Waals surface area contributed by atoms with Crippen LogP contribution in [0, 0.1) is 5.82 Å². The number of carboxylic acids is 1. The Morgan fingerprint density at radius 1 is 1.10 bits per heavy atom. The predicted molar refractivity (Wildman–Crippen MR) is 74.4 cm³/mol. The van der Waals surface area contributed by atoms with Crippen molar-refractivity contribution in [3.8, 4) is 0 Å². The molecule has 0 aliphatic heterocycles. The summed E-state index contributed by atoms with van der Waals surface area (Å²) in [5, 5.41) is 17.4. The average molecular weight is 285 g/mol. The number of nitrogens with zero attached hydrogens (tertiary/aromatic N) is 3. The van der Waals surface area contributed by atoms with E-state index < -0.39 is 5.97 Å². The lowest BCUT2D eigenvalue weighted by Gasteiger charge is -1.99. The smallest absolute Gasteiger partial charge is 0.307 e. The second-order valence-electron chi connectivity index (χ2n) is 4.75. The topological polar surface area (TPSA) is 68.0 Å². The summed E-state index contributed by atoms with van der Waals surface area (Å²) in [4.78, 5) is 12.2. The normalized spacial score (nSPS) is 10.9. The standard InChI is InChI=1S/C15H12FN3O2/c16-12-3-1-2-11(6-12)9-19-17-13-5-4-10(8-15(20)21)7-14(13)18-19/h1-7H,8-9H2,(H,20,21). The van der Waals surface area contributed by atoms with Crippen molar-refractivity contribution in [2.75, 3.05) is 0 Å². The molecule has 1 heterocycles. The van der Waals surface area contributed by atoms with Gasteiger partial charge in [0, 0.05) is 0 Å². The van der Waals surface area contributed by atoms with Crippen LogP contribution in [0.15, 0.2) is 42.5 Å². The van der Waals surface area contributed by atoms with E-state index in [9.17, 15) is 9.18 Å². The van der Waals surface area contributed by atoms with Gasteiger partial charge in [-0.05, 0) is 35.4 Å². The van der Waals surface area contributed by atoms with E-state index in [1.54, 1.807) is 30.3 Å². The molecular weight excluding hydrogens is 273 g/mol. The van der Waals surface area contributed by atoms with E-state index in [1.165, 1.54) is 16.9 Å². The van der Waals surface area contributed by atoms with Gasteiger partial charge in [-0.2, -0.15) is 15.0 Å². The molecular formula is C15H12FN3O2. The summed E-state index contributed by atoms with van der Waals surface area (Å²) in [6, 6.07) is 11.4. The zero-order valence-electron chi connectivity index (χ0n) is 11.0. The quantitative estimate of drug-likeness (QED) is 0.798. The van der Waals surface area contributed by atoms with Crippen LogP contribution in [0.1, 0.15) is 11.1 Å². The molecule has 0 aliphatic rings. The van der Waals surface area contributed by atoms with E-state index in [0.717, 1.165) is 5.56 Å². The highest BCUT2D eigenvalue weighted by Crippen LogP contribution is 2.13. The Morgan fingerprint density at radius 2 is 1.90 bits per heavy atom. The van der Waals surface area contributed by atoms with Gasteiger partial charge in [-0.15, -0.1) is 0 Å². The van der Waals surface area contributed by atoms with Crippen LogP contribution in [0.5, 0.6) is 0 Å². The first-order chi connectivity index (χ1) is 10.1. The summed E-state index contributed by atoms with van der Waals surface area (Å²) < 4.78 is 13.1. The highest BCUT2D eigenvalue weighted by molar-refractivity contribution is 5.77. The van der Waals surface area contributed by atoms with Gasteiger partial charge in [0.25, 0.3) is 0 Å². The lowest BCUT2D eigenvalue weighted by atomic mass is 10.1. The molecule has 0 spiro atoms. The Kier molecular flexibility index (Phi) is 3.35. The fourth-order valence-corrected chi connectivity index (χ4v) is 2.16. The van der Waals surface area contributed by atoms with Crippen LogP contribution in [0.25, 0.3) is 11.0 Å². The molecule has 3 rings (SSSR count). The molecule has 3 aromatic rings. The van der Waals surface area contributed by atoms with Crippen LogP contribution in [0.2, 0.25) is 0 Å². The van der Waals surface area contributed by atoms with E-state index in [0.29, 0.717) is 23.1 Å². The summed E-state index contributed by atoms with van der Waals surface area (Å²) in [6.45, 7) is 0.362. The third-order valence-corrected chi connectivity index (χ3v) is 3.05. The van der Waals surface area contributed by atoms with Gasteiger partial charge in [0.05, 0.1) is 13.0 Å². The third kappa shape index (κ3) is 3.05. The van der Waals surface area contributed by atoms with E-state index in [4.69, 9.17) is 5.11 Å². The lowest BCUT2D eigenvalue weighted by molar-refractivity contribution is -0.136. The van der Waals surface area contributed by atoms with Gasteiger partial charge in [-0.3, -0.25) is 4.79 Å². The van der Waals surface area contributed by atoms with Gasteiger partial charge in [0.2, 0.25) is 0 Å². The zero-order chi connectivity index (χ0) is 14.8. The van der Waals surface area contributed by atoms with E-state index in [2.05, 4.69) is 10.2 Å². The van der Waals surface area contributed by atoms with Crippen molar-refractivity contribution < 1.29 is 14.3 Å². The van der Waals surface area contributed by atoms with Crippen molar-refractivity contribution in [3.63, 3.8) is 0 Å². The average Bonchev–Trinajstić information content (AvgIpc) is 2.79. The third-order valence-electron chi connectivity index (χ3n) is 3.05. The van der Waals surface area contributed by atoms with Gasteiger partial charge in [0.1, 0.15) is 16.9 Å². The number of aliphatic carboxylic acids is 1. The summed E-state index contributed by atoms with van der Waals surface area (Å²) in [5.74, 6) is -1.19. The van der Waals surface area contributed by atoms with Crippen LogP contribution in [-0.2, 0) is 17.8 Å². The highest BCUT2D eigenvalue weighted by atomic mass is 19.1. The van der Waals surface area contributed by atoms with E-state index in [1.807, 2.05) is 0 Å². The van der Waals surface area contributed by atoms with Crippen LogP contribution in [-0.4, -0.2) is 26.1 Å². The minimum Gasteiger partial charge on any atom is -0.481 e. The molecule has 0 fully saturated rings. The second-order valence-corrected chi connectivity index (χ2v) is 4.75. The van der Waals surface area contributed by atoms with Crippen molar-refractivity contribution >= 4 is 17.0 Å². The highest BCUT2D eigenvalue weighted by Gasteiger charge is 2.07. The molecule has 0 bridgehead atoms. The van der Waals surface area contributed by atoms with Crippen molar-refractivity contribution in [2.24, 2.45) is 0 Å². The number of hydrogen-bond acceptors (Lipinski definition) is 3. The molecule has 1 aromatic heterocycles. The number of hydrogen-bond donors (Lipinski definition) is 1. The Balaban J connectivity index is 1.88. The number of carbonyl (C=O) groups is 1. The maximum absolute atomic E-state index is 13.1. The molecule has 0 atom stereocenters. The molecule has 5 nitrogen and oxygen atoms in total. The number of carboxylic acid groups (broad SMARTS) is 1. The Labute approximate surface area is 119 Å². The van der Waals surface area contributed by atoms with Gasteiger partial charge >= 0.3 is 5.97 Å². The number of aromatic nitrogens is 3. The fourth-order valence-electron chi connectivity index (χ4n) is 2.16. The Morgan fingerprint density at radius 3 is 2.67 bits per heavy atom. The van der Waals surface area contributed by atoms with Gasteiger partial charge in [-0.25, -0.2) is 4.39 Å². The first kappa shape index (κ1) is 13.2. The van der Waals surface area contributed by atoms with Crippen molar-refractivity contribution in [3.05, 3.63) is 59.4 Å². The molecule has 0 aliphatic carbocycles. The number of fused-ring (bicyclic) bond motifs is 1. The first-order valence-electron chi connectivity index (χ1n) is 6.40. The molecule has 0 saturated heterocycles. The number of halogens is 1. The van der Waals surface area contributed by atoms with Crippen molar-refractivity contribution in [2.45, 2.75) is 13.0 Å². The molecule has 1 N–H and O–H groups in total. The molecule has 0 saturated carbocycles. The molecule has 2 aromatic carbocycles. The maximum Gasteiger partial charge on any atom is 0.307 e. The fraction of sp³-hybridized carbons (Fsp3) is 0.133. The van der Waals surface area contributed by atoms with E-state index in [-0.39, 0.29) is 12.2 Å². The summed E-state index contributed by atoms with van der Waals surface area (Å²) in [6.07, 6.45) is -0.0489. The Bertz CT molecular complexity index is 814. The van der Waals surface area contributed by atoms with Crippen LogP contribution in [0.3, 0.4) is 0 Å². The number of benzene rings is 2. The molecule has 0 unspecified atom stereocenters. The van der Waals surface area contributed by atoms with Crippen LogP contribution < -0.4 is 0 Å². The monoisotopic (exact) mass is 285 g/mol. The SMILES string of the molecule is O=C(O)Cc1ccc2nn(Cc3cccc(F)c3)nc2c1. The van der Waals surface area contributed by atoms with Crippen molar-refractivity contribution in [1.29, 1.82) is 0 Å². The van der Waals surface area contributed by atoms with Crippen LogP contribution in [0.4, 0.5) is 4.39 Å². The second kappa shape index (κ2) is 5.32. The molecule has 6 heteroatoms. The molecule has 0 radical (unpaired) electrons. The predicted octanol–water partition coefficient (Wildman–Crippen LogP) is 2.25. The van der Waals surface area contributed by atoms with Crippen LogP contribution >= 0.6 is 0 Å². The van der Waals surface area contributed by atoms with Gasteiger partial charge < -0.3 is 5.11 Å². The number of rotatable bonds is 4. The van der Waals surface area contributed by atoms with E-state index >= 15 is 0 Å². The largest absolute Gasteiger partial charge is 0.481 e. The molecule has 0 amide bonds. The minimum absolute atomic E-state index is 0.0489. The van der Waals surface area contributed by atoms with Gasteiger partial charge in [0.15, 0.2) is 0 Å². The summed E-state index contributed by atoms with van der Waals surface area (Å²) in [7, 11) is 0. The van der Waals surface area contributed by atoms with Gasteiger partial charge in [-0.1, -0.05) is 18.2 Å². The molecule has 106 valence electrons. The maximum atomic E-state index is 13.1. The first-order valence-corrected chi connectivity index (χ1v) is 6.40. The van der Waals surface area contributed by atoms with Crippen molar-refractivity contribution in [1.82, 2.24) is 15.0 Å². The lowest BCUT2D eigenvalue weighted by Crippen LogP contribution is -2.03. The summed E-state index contributed by atoms with van der Waals surface area (Å²) >= 11 is 0. The molecule has 21 heavy (non-hydrogen) atoms. The minimum atomic E-state index is -0.887. The Hall–Kier alpha value is -2.76. The summed E-state index contributed by atoms with van der Waals surface area (Å²) in [5.41, 5.74) is 2.75.